The second kappa shape index (κ2) is 10.3. The van der Waals surface area contributed by atoms with E-state index in [0.717, 1.165) is 11.1 Å². The molecule has 0 amide bonds. The highest BCUT2D eigenvalue weighted by Crippen LogP contribution is 2.38. The van der Waals surface area contributed by atoms with E-state index in [1.54, 1.807) is 19.2 Å². The molecule has 0 aliphatic carbocycles. The number of nitrogens with one attached hydrogen (secondary N) is 1. The number of hydrogen-bond acceptors (Lipinski definition) is 4. The van der Waals surface area contributed by atoms with E-state index in [9.17, 15) is 9.59 Å². The zero-order valence-corrected chi connectivity index (χ0v) is 19.7. The molecule has 0 saturated heterocycles. The maximum absolute atomic E-state index is 14.2. The van der Waals surface area contributed by atoms with Crippen molar-refractivity contribution in [2.24, 2.45) is 0 Å². The molecule has 3 aromatic carbocycles. The molecule has 0 fully saturated rings. The molecular formula is C30H25N2O4+. The van der Waals surface area contributed by atoms with Crippen molar-refractivity contribution >= 4 is 5.78 Å². The Hall–Kier alpha value is -4.71. The molecule has 2 aromatic heterocycles. The van der Waals surface area contributed by atoms with Crippen LogP contribution in [0.2, 0.25) is 0 Å². The van der Waals surface area contributed by atoms with Crippen molar-refractivity contribution < 1.29 is 18.6 Å². The zero-order valence-electron chi connectivity index (χ0n) is 19.7. The largest absolute Gasteiger partial charge is 0.497 e. The van der Waals surface area contributed by atoms with Crippen LogP contribution in [0.15, 0.2) is 125 Å². The molecule has 0 radical (unpaired) electrons. The van der Waals surface area contributed by atoms with E-state index in [2.05, 4.69) is 5.16 Å². The number of methoxy groups -OCH3 is 1. The van der Waals surface area contributed by atoms with Crippen LogP contribution in [0, 0.1) is 0 Å². The number of pyridine rings is 1. The average molecular weight is 478 g/mol. The summed E-state index contributed by atoms with van der Waals surface area (Å²) in [7, 11) is 1.59. The summed E-state index contributed by atoms with van der Waals surface area (Å²) < 4.78 is 12.7. The Labute approximate surface area is 208 Å². The molecular weight excluding hydrogens is 452 g/mol. The molecule has 2 heterocycles. The van der Waals surface area contributed by atoms with E-state index in [0.29, 0.717) is 22.6 Å². The van der Waals surface area contributed by atoms with Crippen molar-refractivity contribution in [2.45, 2.75) is 12.0 Å². The first-order chi connectivity index (χ1) is 17.7. The smallest absolute Gasteiger partial charge is 0.361 e. The summed E-state index contributed by atoms with van der Waals surface area (Å²) in [6, 6.07) is 30.9. The van der Waals surface area contributed by atoms with Gasteiger partial charge in [0.15, 0.2) is 12.4 Å². The Balaban J connectivity index is 1.80. The van der Waals surface area contributed by atoms with Gasteiger partial charge in [-0.05, 0) is 17.7 Å². The molecule has 0 bridgehead atoms. The summed E-state index contributed by atoms with van der Waals surface area (Å²) in [5, 5.41) is 2.81. The van der Waals surface area contributed by atoms with Crippen molar-refractivity contribution in [3.8, 4) is 17.0 Å². The normalized spacial score (nSPS) is 12.6. The quantitative estimate of drug-likeness (QED) is 0.247. The average Bonchev–Trinajstić information content (AvgIpc) is 3.33. The molecule has 178 valence electrons. The summed E-state index contributed by atoms with van der Waals surface area (Å²) in [6.07, 6.45) is 3.68. The van der Waals surface area contributed by atoms with E-state index >= 15 is 0 Å². The van der Waals surface area contributed by atoms with Crippen LogP contribution in [0.25, 0.3) is 11.3 Å². The SMILES string of the molecule is COc1cccc(C(c2c(-c3ccccc3)[nH]oc2=O)C(C(=O)c2ccccc2)[n+]2ccccc2)c1. The van der Waals surface area contributed by atoms with Crippen molar-refractivity contribution in [1.29, 1.82) is 0 Å². The number of H-pyrrole nitrogens is 1. The second-order valence-electron chi connectivity index (χ2n) is 8.40. The lowest BCUT2D eigenvalue weighted by atomic mass is 9.80. The molecule has 0 spiro atoms. The minimum absolute atomic E-state index is 0.126. The van der Waals surface area contributed by atoms with Gasteiger partial charge in [0.2, 0.25) is 11.8 Å². The van der Waals surface area contributed by atoms with E-state index in [-0.39, 0.29) is 5.78 Å². The van der Waals surface area contributed by atoms with Crippen LogP contribution in [0.3, 0.4) is 0 Å². The number of ether oxygens (including phenoxy) is 1. The summed E-state index contributed by atoms with van der Waals surface area (Å²) in [6.45, 7) is 0. The van der Waals surface area contributed by atoms with Gasteiger partial charge in [-0.1, -0.05) is 78.9 Å². The maximum atomic E-state index is 14.2. The topological polar surface area (TPSA) is 76.2 Å². The minimum atomic E-state index is -0.776. The Morgan fingerprint density at radius 3 is 2.22 bits per heavy atom. The Morgan fingerprint density at radius 2 is 1.53 bits per heavy atom. The molecule has 1 N–H and O–H groups in total. The number of ketones is 1. The molecule has 6 heteroatoms. The molecule has 5 aromatic rings. The van der Waals surface area contributed by atoms with Crippen molar-refractivity contribution in [2.75, 3.05) is 7.11 Å². The zero-order chi connectivity index (χ0) is 24.9. The number of nitrogens with zero attached hydrogens (tertiary/aromatic N) is 1. The number of benzene rings is 3. The highest BCUT2D eigenvalue weighted by atomic mass is 16.5. The molecule has 36 heavy (non-hydrogen) atoms. The number of aromatic nitrogens is 2. The summed E-state index contributed by atoms with van der Waals surface area (Å²) in [5.74, 6) is -0.181. The number of hydrogen-bond donors (Lipinski definition) is 1. The summed E-state index contributed by atoms with van der Waals surface area (Å²) >= 11 is 0. The fraction of sp³-hybridized carbons (Fsp3) is 0.100. The van der Waals surface area contributed by atoms with Crippen LogP contribution >= 0.6 is 0 Å². The van der Waals surface area contributed by atoms with Gasteiger partial charge in [-0.25, -0.2) is 9.95 Å². The molecule has 2 atom stereocenters. The van der Waals surface area contributed by atoms with Gasteiger partial charge in [0.1, 0.15) is 5.75 Å². The first-order valence-corrected chi connectivity index (χ1v) is 11.6. The molecule has 6 nitrogen and oxygen atoms in total. The first-order valence-electron chi connectivity index (χ1n) is 11.6. The Kier molecular flexibility index (Phi) is 6.58. The molecule has 0 aliphatic heterocycles. The Bertz CT molecular complexity index is 1510. The summed E-state index contributed by atoms with van der Waals surface area (Å²) in [5.41, 5.74) is 2.48. The van der Waals surface area contributed by atoms with Gasteiger partial charge in [-0.3, -0.25) is 4.79 Å². The summed E-state index contributed by atoms with van der Waals surface area (Å²) in [4.78, 5) is 27.5. The van der Waals surface area contributed by atoms with Crippen LogP contribution < -0.4 is 14.9 Å². The van der Waals surface area contributed by atoms with Crippen molar-refractivity contribution in [3.63, 3.8) is 0 Å². The third-order valence-electron chi connectivity index (χ3n) is 6.26. The van der Waals surface area contributed by atoms with E-state index in [1.807, 2.05) is 108 Å². The van der Waals surface area contributed by atoms with Crippen LogP contribution in [0.4, 0.5) is 0 Å². The van der Waals surface area contributed by atoms with Crippen LogP contribution in [-0.4, -0.2) is 18.0 Å². The predicted octanol–water partition coefficient (Wildman–Crippen LogP) is 5.19. The molecule has 0 saturated carbocycles. The van der Waals surface area contributed by atoms with Gasteiger partial charge < -0.3 is 9.26 Å². The standard InChI is InChI=1S/C30H24N2O4/c1-35-24-17-11-16-23(20-24)25(26-27(31-36-30(26)34)21-12-5-2-6-13-21)28(32-18-9-4-10-19-32)29(33)22-14-7-3-8-15-22/h2-20,25,28H,1H3/p+1. The lowest BCUT2D eigenvalue weighted by Crippen LogP contribution is -2.47. The van der Waals surface area contributed by atoms with Crippen molar-refractivity contribution in [1.82, 2.24) is 5.16 Å². The van der Waals surface area contributed by atoms with Gasteiger partial charge in [-0.2, -0.15) is 4.57 Å². The van der Waals surface area contributed by atoms with Crippen molar-refractivity contribution in [3.05, 3.63) is 143 Å². The van der Waals surface area contributed by atoms with Crippen LogP contribution in [-0.2, 0) is 0 Å². The first kappa shape index (κ1) is 23.1. The molecule has 0 aliphatic rings. The molecule has 5 rings (SSSR count). The third-order valence-corrected chi connectivity index (χ3v) is 6.26. The molecule has 2 unspecified atom stereocenters. The third kappa shape index (κ3) is 4.49. The van der Waals surface area contributed by atoms with Gasteiger partial charge in [0.05, 0.1) is 24.3 Å². The van der Waals surface area contributed by atoms with Crippen LogP contribution in [0.5, 0.6) is 5.75 Å². The van der Waals surface area contributed by atoms with E-state index in [4.69, 9.17) is 9.26 Å². The number of rotatable bonds is 8. The predicted molar refractivity (Wildman–Crippen MR) is 136 cm³/mol. The number of Topliss-reactive ketones (excluding diaryl/α,β-unsaturated/α-hetero) is 1. The van der Waals surface area contributed by atoms with Crippen LogP contribution in [0.1, 0.15) is 33.4 Å². The lowest BCUT2D eigenvalue weighted by Gasteiger charge is -2.23. The number of carbonyl (C=O) groups is 1. The highest BCUT2D eigenvalue weighted by Gasteiger charge is 2.42. The van der Waals surface area contributed by atoms with Gasteiger partial charge in [0.25, 0.3) is 0 Å². The Morgan fingerprint density at radius 1 is 0.861 bits per heavy atom. The van der Waals surface area contributed by atoms with Gasteiger partial charge in [0, 0.05) is 23.3 Å². The number of carbonyl (C=O) groups excluding carboxylic acids is 1. The van der Waals surface area contributed by atoms with E-state index in [1.165, 1.54) is 0 Å². The van der Waals surface area contributed by atoms with Gasteiger partial charge >= 0.3 is 5.63 Å². The fourth-order valence-corrected chi connectivity index (χ4v) is 4.58. The highest BCUT2D eigenvalue weighted by molar-refractivity contribution is 5.99. The van der Waals surface area contributed by atoms with Gasteiger partial charge in [-0.15, -0.1) is 0 Å². The minimum Gasteiger partial charge on any atom is -0.497 e. The second-order valence-corrected chi connectivity index (χ2v) is 8.40. The van der Waals surface area contributed by atoms with E-state index < -0.39 is 17.6 Å². The fourth-order valence-electron chi connectivity index (χ4n) is 4.58. The lowest BCUT2D eigenvalue weighted by molar-refractivity contribution is -0.709. The monoisotopic (exact) mass is 477 g/mol. The number of aromatic amines is 1. The maximum Gasteiger partial charge on any atom is 0.361 e.